The second kappa shape index (κ2) is 6.32. The van der Waals surface area contributed by atoms with Gasteiger partial charge >= 0.3 is 5.97 Å². The van der Waals surface area contributed by atoms with Crippen LogP contribution < -0.4 is 0 Å². The molecule has 1 unspecified atom stereocenters. The Bertz CT molecular complexity index is 638. The Hall–Kier alpha value is -2.14. The Morgan fingerprint density at radius 1 is 1.36 bits per heavy atom. The lowest BCUT2D eigenvalue weighted by molar-refractivity contribution is -0.138. The maximum Gasteiger partial charge on any atom is 0.307 e. The van der Waals surface area contributed by atoms with E-state index < -0.39 is 5.97 Å². The Morgan fingerprint density at radius 2 is 2.14 bits per heavy atom. The molecule has 0 saturated heterocycles. The third-order valence-corrected chi connectivity index (χ3v) is 4.28. The molecule has 1 aliphatic rings. The molecule has 2 aromatic rings. The Balaban J connectivity index is 1.46. The maximum atomic E-state index is 11.1. The van der Waals surface area contributed by atoms with E-state index in [1.165, 1.54) is 0 Å². The van der Waals surface area contributed by atoms with E-state index in [1.807, 2.05) is 48.1 Å². The molecule has 1 aromatic carbocycles. The van der Waals surface area contributed by atoms with Crippen LogP contribution in [0, 0.1) is 11.8 Å². The summed E-state index contributed by atoms with van der Waals surface area (Å²) in [6.07, 6.45) is 3.72. The van der Waals surface area contributed by atoms with Crippen LogP contribution in [-0.4, -0.2) is 27.5 Å². The molecule has 1 N–H and O–H groups in total. The number of hydrogen-bond acceptors (Lipinski definition) is 3. The van der Waals surface area contributed by atoms with E-state index in [4.69, 9.17) is 9.84 Å². The third kappa shape index (κ3) is 3.20. The van der Waals surface area contributed by atoms with Crippen LogP contribution in [0.5, 0.6) is 0 Å². The zero-order valence-corrected chi connectivity index (χ0v) is 12.6. The van der Waals surface area contributed by atoms with Crippen molar-refractivity contribution in [1.29, 1.82) is 0 Å². The highest BCUT2D eigenvalue weighted by atomic mass is 16.5. The van der Waals surface area contributed by atoms with Crippen molar-refractivity contribution in [2.24, 2.45) is 11.8 Å². The molecule has 1 saturated carbocycles. The van der Waals surface area contributed by atoms with Crippen molar-refractivity contribution in [3.63, 3.8) is 0 Å². The summed E-state index contributed by atoms with van der Waals surface area (Å²) in [4.78, 5) is 11.1. The van der Waals surface area contributed by atoms with Gasteiger partial charge in [-0.25, -0.2) is 0 Å². The first-order chi connectivity index (χ1) is 10.7. The van der Waals surface area contributed by atoms with Gasteiger partial charge in [0.25, 0.3) is 0 Å². The van der Waals surface area contributed by atoms with E-state index in [2.05, 4.69) is 5.10 Å². The number of aliphatic carboxylic acids is 1. The van der Waals surface area contributed by atoms with E-state index in [0.29, 0.717) is 19.8 Å². The van der Waals surface area contributed by atoms with Crippen molar-refractivity contribution >= 4 is 5.97 Å². The fourth-order valence-electron chi connectivity index (χ4n) is 2.95. The molecule has 0 amide bonds. The fourth-order valence-corrected chi connectivity index (χ4v) is 2.95. The van der Waals surface area contributed by atoms with Crippen LogP contribution in [-0.2, 0) is 22.7 Å². The zero-order valence-electron chi connectivity index (χ0n) is 12.6. The number of rotatable bonds is 7. The van der Waals surface area contributed by atoms with Crippen molar-refractivity contribution in [1.82, 2.24) is 9.78 Å². The molecule has 0 radical (unpaired) electrons. The maximum absolute atomic E-state index is 11.1. The highest BCUT2D eigenvalue weighted by Crippen LogP contribution is 2.53. The Kier molecular flexibility index (Phi) is 4.24. The third-order valence-electron chi connectivity index (χ3n) is 4.28. The fraction of sp³-hybridized carbons (Fsp3) is 0.412. The zero-order chi connectivity index (χ0) is 15.5. The summed E-state index contributed by atoms with van der Waals surface area (Å²) in [6.45, 7) is 3.82. The van der Waals surface area contributed by atoms with E-state index in [0.717, 1.165) is 11.1 Å². The average Bonchev–Trinajstić information content (AvgIpc) is 2.98. The van der Waals surface area contributed by atoms with Crippen LogP contribution in [0.15, 0.2) is 42.7 Å². The van der Waals surface area contributed by atoms with Gasteiger partial charge in [0, 0.05) is 12.1 Å². The standard InChI is InChI=1S/C17H20N2O3/c1-12-15(16(12)17(20)21)14-9-18-19(10-14)7-8-22-11-13-5-3-2-4-6-13/h2-6,9-10,12,15-16H,7-8,11H2,1H3,(H,20,21)/t12?,15-,16+/m1/s1. The van der Waals surface area contributed by atoms with Gasteiger partial charge in [0.15, 0.2) is 0 Å². The van der Waals surface area contributed by atoms with Gasteiger partial charge in [0.05, 0.1) is 31.9 Å². The molecular formula is C17H20N2O3. The molecule has 5 heteroatoms. The van der Waals surface area contributed by atoms with Crippen molar-refractivity contribution in [3.05, 3.63) is 53.9 Å². The summed E-state index contributed by atoms with van der Waals surface area (Å²) in [5.41, 5.74) is 2.17. The van der Waals surface area contributed by atoms with Gasteiger partial charge in [-0.2, -0.15) is 5.10 Å². The highest BCUT2D eigenvalue weighted by Gasteiger charge is 2.53. The first-order valence-corrected chi connectivity index (χ1v) is 7.53. The van der Waals surface area contributed by atoms with Gasteiger partial charge in [-0.05, 0) is 17.0 Å². The number of carbonyl (C=O) groups is 1. The summed E-state index contributed by atoms with van der Waals surface area (Å²) in [5.74, 6) is -0.663. The van der Waals surface area contributed by atoms with Crippen molar-refractivity contribution in [2.75, 3.05) is 6.61 Å². The van der Waals surface area contributed by atoms with E-state index in [-0.39, 0.29) is 17.8 Å². The number of nitrogens with zero attached hydrogens (tertiary/aromatic N) is 2. The number of carboxylic acids is 1. The predicted octanol–water partition coefficient (Wildman–Crippen LogP) is 2.53. The molecule has 0 aliphatic heterocycles. The monoisotopic (exact) mass is 300 g/mol. The smallest absolute Gasteiger partial charge is 0.307 e. The topological polar surface area (TPSA) is 64.3 Å². The largest absolute Gasteiger partial charge is 0.481 e. The van der Waals surface area contributed by atoms with Gasteiger partial charge in [-0.1, -0.05) is 37.3 Å². The molecule has 5 nitrogen and oxygen atoms in total. The van der Waals surface area contributed by atoms with Crippen molar-refractivity contribution in [2.45, 2.75) is 26.0 Å². The van der Waals surface area contributed by atoms with Crippen LogP contribution in [0.3, 0.4) is 0 Å². The number of ether oxygens (including phenoxy) is 1. The number of aromatic nitrogens is 2. The molecule has 3 atom stereocenters. The lowest BCUT2D eigenvalue weighted by Gasteiger charge is -2.04. The quantitative estimate of drug-likeness (QED) is 0.798. The molecular weight excluding hydrogens is 280 g/mol. The van der Waals surface area contributed by atoms with Crippen LogP contribution in [0.2, 0.25) is 0 Å². The van der Waals surface area contributed by atoms with E-state index in [9.17, 15) is 4.79 Å². The average molecular weight is 300 g/mol. The van der Waals surface area contributed by atoms with E-state index >= 15 is 0 Å². The summed E-state index contributed by atoms with van der Waals surface area (Å²) in [7, 11) is 0. The summed E-state index contributed by atoms with van der Waals surface area (Å²) in [5, 5.41) is 13.4. The van der Waals surface area contributed by atoms with Crippen LogP contribution in [0.1, 0.15) is 24.0 Å². The lowest BCUT2D eigenvalue weighted by atomic mass is 10.2. The molecule has 1 heterocycles. The lowest BCUT2D eigenvalue weighted by Crippen LogP contribution is -2.06. The number of hydrogen-bond donors (Lipinski definition) is 1. The Morgan fingerprint density at radius 3 is 2.82 bits per heavy atom. The molecule has 22 heavy (non-hydrogen) atoms. The van der Waals surface area contributed by atoms with Gasteiger partial charge in [-0.15, -0.1) is 0 Å². The molecule has 0 bridgehead atoms. The first kappa shape index (κ1) is 14.8. The number of benzene rings is 1. The minimum absolute atomic E-state index is 0.108. The minimum atomic E-state index is -0.712. The van der Waals surface area contributed by atoms with Gasteiger partial charge in [0.2, 0.25) is 0 Å². The van der Waals surface area contributed by atoms with Crippen molar-refractivity contribution < 1.29 is 14.6 Å². The van der Waals surface area contributed by atoms with Gasteiger partial charge < -0.3 is 9.84 Å². The normalized spacial score (nSPS) is 23.4. The molecule has 3 rings (SSSR count). The summed E-state index contributed by atoms with van der Waals surface area (Å²) < 4.78 is 7.46. The predicted molar refractivity (Wildman–Crippen MR) is 81.4 cm³/mol. The second-order valence-corrected chi connectivity index (χ2v) is 5.82. The van der Waals surface area contributed by atoms with E-state index in [1.54, 1.807) is 6.20 Å². The van der Waals surface area contributed by atoms with Gasteiger partial charge in [-0.3, -0.25) is 9.48 Å². The minimum Gasteiger partial charge on any atom is -0.481 e. The summed E-state index contributed by atoms with van der Waals surface area (Å²) in [6, 6.07) is 10.0. The Labute approximate surface area is 129 Å². The molecule has 1 aliphatic carbocycles. The molecule has 1 aromatic heterocycles. The van der Waals surface area contributed by atoms with Crippen LogP contribution >= 0.6 is 0 Å². The van der Waals surface area contributed by atoms with Crippen LogP contribution in [0.25, 0.3) is 0 Å². The van der Waals surface area contributed by atoms with Crippen molar-refractivity contribution in [3.8, 4) is 0 Å². The molecule has 0 spiro atoms. The van der Waals surface area contributed by atoms with Crippen LogP contribution in [0.4, 0.5) is 0 Å². The number of carboxylic acid groups (broad SMARTS) is 1. The SMILES string of the molecule is CC1[C@H](C(=O)O)[C@H]1c1cnn(CCOCc2ccccc2)c1. The summed E-state index contributed by atoms with van der Waals surface area (Å²) >= 11 is 0. The second-order valence-electron chi connectivity index (χ2n) is 5.82. The first-order valence-electron chi connectivity index (χ1n) is 7.53. The molecule has 116 valence electrons. The van der Waals surface area contributed by atoms with Gasteiger partial charge in [0.1, 0.15) is 0 Å². The highest BCUT2D eigenvalue weighted by molar-refractivity contribution is 5.76. The molecule has 1 fully saturated rings.